The van der Waals surface area contributed by atoms with Gasteiger partial charge in [0.05, 0.1) is 5.56 Å². The molecule has 0 atom stereocenters. The number of benzene rings is 1. The number of hydrogen-bond acceptors (Lipinski definition) is 2. The first-order valence-electron chi connectivity index (χ1n) is 6.43. The van der Waals surface area contributed by atoms with Gasteiger partial charge in [-0.2, -0.15) is 0 Å². The molecule has 1 amide bonds. The molecule has 1 heterocycles. The molecule has 0 saturated carbocycles. The molecule has 0 spiro atoms. The van der Waals surface area contributed by atoms with Crippen LogP contribution in [0.5, 0.6) is 0 Å². The first kappa shape index (κ1) is 13.0. The van der Waals surface area contributed by atoms with Crippen LogP contribution in [0.1, 0.15) is 28.8 Å². The lowest BCUT2D eigenvalue weighted by atomic mass is 10.1. The van der Waals surface area contributed by atoms with Crippen LogP contribution in [0.2, 0.25) is 0 Å². The molecule has 1 N–H and O–H groups in total. The van der Waals surface area contributed by atoms with Crippen LogP contribution in [0.25, 0.3) is 0 Å². The van der Waals surface area contributed by atoms with Crippen molar-refractivity contribution in [1.29, 1.82) is 0 Å². The van der Waals surface area contributed by atoms with E-state index in [-0.39, 0.29) is 11.5 Å². The minimum absolute atomic E-state index is 0.136. The van der Waals surface area contributed by atoms with E-state index >= 15 is 0 Å². The average Bonchev–Trinajstić information content (AvgIpc) is 2.85. The molecule has 18 heavy (non-hydrogen) atoms. The fraction of sp³-hybridized carbons (Fsp3) is 0.500. The molecule has 4 heteroatoms. The van der Waals surface area contributed by atoms with Crippen LogP contribution in [-0.4, -0.2) is 37.0 Å². The molecule has 1 aliphatic heterocycles. The second kappa shape index (κ2) is 5.96. The molecule has 1 aliphatic rings. The molecule has 1 aromatic carbocycles. The summed E-state index contributed by atoms with van der Waals surface area (Å²) in [4.78, 5) is 14.1. The zero-order valence-corrected chi connectivity index (χ0v) is 10.7. The fourth-order valence-corrected chi connectivity index (χ4v) is 2.24. The Hall–Kier alpha value is -1.42. The van der Waals surface area contributed by atoms with Gasteiger partial charge >= 0.3 is 0 Å². The maximum atomic E-state index is 13.5. The molecule has 1 fully saturated rings. The summed E-state index contributed by atoms with van der Waals surface area (Å²) in [5, 5.41) is 2.77. The van der Waals surface area contributed by atoms with Gasteiger partial charge in [0.1, 0.15) is 5.82 Å². The van der Waals surface area contributed by atoms with Crippen molar-refractivity contribution in [3.8, 4) is 0 Å². The highest BCUT2D eigenvalue weighted by Crippen LogP contribution is 2.10. The van der Waals surface area contributed by atoms with Crippen molar-refractivity contribution in [2.45, 2.75) is 19.8 Å². The Morgan fingerprint density at radius 3 is 2.83 bits per heavy atom. The van der Waals surface area contributed by atoms with E-state index in [2.05, 4.69) is 10.2 Å². The van der Waals surface area contributed by atoms with Crippen LogP contribution in [0.4, 0.5) is 4.39 Å². The SMILES string of the molecule is Cc1ccc(F)c(C(=O)NCCN2CCCC2)c1. The van der Waals surface area contributed by atoms with Crippen LogP contribution < -0.4 is 5.32 Å². The second-order valence-corrected chi connectivity index (χ2v) is 4.79. The highest BCUT2D eigenvalue weighted by Gasteiger charge is 2.13. The first-order valence-corrected chi connectivity index (χ1v) is 6.43. The largest absolute Gasteiger partial charge is 0.351 e. The zero-order chi connectivity index (χ0) is 13.0. The second-order valence-electron chi connectivity index (χ2n) is 4.79. The quantitative estimate of drug-likeness (QED) is 0.886. The Kier molecular flexibility index (Phi) is 4.31. The topological polar surface area (TPSA) is 32.3 Å². The molecular formula is C14H19FN2O. The molecule has 0 aromatic heterocycles. The van der Waals surface area contributed by atoms with E-state index in [9.17, 15) is 9.18 Å². The van der Waals surface area contributed by atoms with E-state index in [1.54, 1.807) is 12.1 Å². The zero-order valence-electron chi connectivity index (χ0n) is 10.7. The summed E-state index contributed by atoms with van der Waals surface area (Å²) in [5.74, 6) is -0.783. The standard InChI is InChI=1S/C14H19FN2O/c1-11-4-5-13(15)12(10-11)14(18)16-6-9-17-7-2-3-8-17/h4-5,10H,2-3,6-9H2,1H3,(H,16,18). The molecule has 0 radical (unpaired) electrons. The minimum Gasteiger partial charge on any atom is -0.351 e. The number of likely N-dealkylation sites (tertiary alicyclic amines) is 1. The van der Waals surface area contributed by atoms with Gasteiger partial charge in [0, 0.05) is 13.1 Å². The van der Waals surface area contributed by atoms with E-state index in [0.29, 0.717) is 6.54 Å². The molecule has 0 unspecified atom stereocenters. The number of aryl methyl sites for hydroxylation is 1. The van der Waals surface area contributed by atoms with Crippen LogP contribution in [-0.2, 0) is 0 Å². The van der Waals surface area contributed by atoms with Gasteiger partial charge in [-0.1, -0.05) is 11.6 Å². The molecule has 2 rings (SSSR count). The number of nitrogens with one attached hydrogen (secondary N) is 1. The molecule has 98 valence electrons. The van der Waals surface area contributed by atoms with Crippen LogP contribution in [0, 0.1) is 12.7 Å². The Balaban J connectivity index is 1.85. The lowest BCUT2D eigenvalue weighted by Crippen LogP contribution is -2.33. The van der Waals surface area contributed by atoms with Gasteiger partial charge in [-0.25, -0.2) is 4.39 Å². The van der Waals surface area contributed by atoms with Gasteiger partial charge in [-0.05, 0) is 45.0 Å². The number of halogens is 1. The normalized spacial score (nSPS) is 15.9. The Morgan fingerprint density at radius 1 is 1.39 bits per heavy atom. The van der Waals surface area contributed by atoms with Gasteiger partial charge in [0.25, 0.3) is 5.91 Å². The summed E-state index contributed by atoms with van der Waals surface area (Å²) >= 11 is 0. The van der Waals surface area contributed by atoms with Crippen molar-refractivity contribution < 1.29 is 9.18 Å². The van der Waals surface area contributed by atoms with Gasteiger partial charge in [0.2, 0.25) is 0 Å². The van der Waals surface area contributed by atoms with Crippen molar-refractivity contribution in [1.82, 2.24) is 10.2 Å². The van der Waals surface area contributed by atoms with Crippen molar-refractivity contribution in [2.75, 3.05) is 26.2 Å². The molecule has 0 bridgehead atoms. The monoisotopic (exact) mass is 250 g/mol. The smallest absolute Gasteiger partial charge is 0.254 e. The van der Waals surface area contributed by atoms with E-state index in [1.807, 2.05) is 6.92 Å². The summed E-state index contributed by atoms with van der Waals surface area (Å²) in [6.45, 7) is 5.48. The van der Waals surface area contributed by atoms with Crippen molar-refractivity contribution in [3.63, 3.8) is 0 Å². The number of amides is 1. The lowest BCUT2D eigenvalue weighted by molar-refractivity contribution is 0.0945. The van der Waals surface area contributed by atoms with Crippen LogP contribution >= 0.6 is 0 Å². The number of carbonyl (C=O) groups excluding carboxylic acids is 1. The van der Waals surface area contributed by atoms with Gasteiger partial charge < -0.3 is 10.2 Å². The van der Waals surface area contributed by atoms with E-state index in [1.165, 1.54) is 18.9 Å². The fourth-order valence-electron chi connectivity index (χ4n) is 2.24. The molecule has 1 saturated heterocycles. The number of rotatable bonds is 4. The predicted octanol–water partition coefficient (Wildman–Crippen LogP) is 1.96. The molecule has 3 nitrogen and oxygen atoms in total. The van der Waals surface area contributed by atoms with Gasteiger partial charge in [-0.15, -0.1) is 0 Å². The van der Waals surface area contributed by atoms with E-state index in [0.717, 1.165) is 25.2 Å². The summed E-state index contributed by atoms with van der Waals surface area (Å²) in [7, 11) is 0. The van der Waals surface area contributed by atoms with Crippen molar-refractivity contribution in [3.05, 3.63) is 35.1 Å². The van der Waals surface area contributed by atoms with Gasteiger partial charge in [-0.3, -0.25) is 4.79 Å². The number of nitrogens with zero attached hydrogens (tertiary/aromatic N) is 1. The van der Waals surface area contributed by atoms with Crippen molar-refractivity contribution in [2.24, 2.45) is 0 Å². The molecular weight excluding hydrogens is 231 g/mol. The van der Waals surface area contributed by atoms with E-state index in [4.69, 9.17) is 0 Å². The Bertz CT molecular complexity index is 428. The highest BCUT2D eigenvalue weighted by atomic mass is 19.1. The van der Waals surface area contributed by atoms with Crippen LogP contribution in [0.15, 0.2) is 18.2 Å². The maximum Gasteiger partial charge on any atom is 0.254 e. The van der Waals surface area contributed by atoms with Crippen LogP contribution in [0.3, 0.4) is 0 Å². The summed E-state index contributed by atoms with van der Waals surface area (Å²) in [6.07, 6.45) is 2.47. The third-order valence-corrected chi connectivity index (χ3v) is 3.28. The van der Waals surface area contributed by atoms with Gasteiger partial charge in [0.15, 0.2) is 0 Å². The average molecular weight is 250 g/mol. The summed E-state index contributed by atoms with van der Waals surface area (Å²) < 4.78 is 13.5. The van der Waals surface area contributed by atoms with E-state index < -0.39 is 5.82 Å². The molecule has 1 aromatic rings. The number of hydrogen-bond donors (Lipinski definition) is 1. The number of carbonyl (C=O) groups is 1. The Labute approximate surface area is 107 Å². The third kappa shape index (κ3) is 3.29. The predicted molar refractivity (Wildman–Crippen MR) is 69.1 cm³/mol. The maximum absolute atomic E-state index is 13.5. The van der Waals surface area contributed by atoms with Crippen molar-refractivity contribution >= 4 is 5.91 Å². The Morgan fingerprint density at radius 2 is 2.11 bits per heavy atom. The first-order chi connectivity index (χ1) is 8.66. The summed E-state index contributed by atoms with van der Waals surface area (Å²) in [6, 6.07) is 4.58. The lowest BCUT2D eigenvalue weighted by Gasteiger charge is -2.14. The minimum atomic E-state index is -0.459. The summed E-state index contributed by atoms with van der Waals surface area (Å²) in [5.41, 5.74) is 1.03. The molecule has 0 aliphatic carbocycles. The third-order valence-electron chi connectivity index (χ3n) is 3.28. The highest BCUT2D eigenvalue weighted by molar-refractivity contribution is 5.94.